The van der Waals surface area contributed by atoms with Crippen molar-refractivity contribution >= 4 is 17.6 Å². The van der Waals surface area contributed by atoms with Crippen LogP contribution in [0.2, 0.25) is 0 Å². The normalized spacial score (nSPS) is 10.1. The van der Waals surface area contributed by atoms with Crippen molar-refractivity contribution in [1.82, 2.24) is 5.32 Å². The summed E-state index contributed by atoms with van der Waals surface area (Å²) in [4.78, 5) is 24.8. The van der Waals surface area contributed by atoms with Crippen LogP contribution in [0.1, 0.15) is 5.56 Å². The molecule has 0 aliphatic carbocycles. The minimum atomic E-state index is -0.981. The molecule has 2 aromatic carbocycles. The molecule has 0 unspecified atom stereocenters. The van der Waals surface area contributed by atoms with Gasteiger partial charge < -0.3 is 20.1 Å². The number of ether oxygens (including phenoxy) is 1. The van der Waals surface area contributed by atoms with E-state index in [1.807, 2.05) is 42.5 Å². The Morgan fingerprint density at radius 1 is 1.04 bits per heavy atom. The van der Waals surface area contributed by atoms with E-state index in [1.54, 1.807) is 19.2 Å². The first-order chi connectivity index (χ1) is 12.1. The third-order valence-electron chi connectivity index (χ3n) is 3.69. The SMILES string of the molecule is COc1ccccc1CCNC(=O)CN(CC(=O)O)c1ccccc1. The lowest BCUT2D eigenvalue weighted by atomic mass is 10.1. The van der Waals surface area contributed by atoms with Crippen molar-refractivity contribution in [2.45, 2.75) is 6.42 Å². The van der Waals surface area contributed by atoms with E-state index in [0.29, 0.717) is 18.7 Å². The van der Waals surface area contributed by atoms with Crippen LogP contribution in [0.3, 0.4) is 0 Å². The number of carboxylic acid groups (broad SMARTS) is 1. The standard InChI is InChI=1S/C19H22N2O4/c1-25-17-10-6-5-7-15(17)11-12-20-18(22)13-21(14-19(23)24)16-8-3-2-4-9-16/h2-10H,11-14H2,1H3,(H,20,22)(H,23,24). The minimum Gasteiger partial charge on any atom is -0.496 e. The van der Waals surface area contributed by atoms with Gasteiger partial charge in [-0.3, -0.25) is 9.59 Å². The van der Waals surface area contributed by atoms with E-state index in [4.69, 9.17) is 9.84 Å². The quantitative estimate of drug-likeness (QED) is 0.728. The summed E-state index contributed by atoms with van der Waals surface area (Å²) in [7, 11) is 1.61. The van der Waals surface area contributed by atoms with Gasteiger partial charge in [0.1, 0.15) is 12.3 Å². The number of benzene rings is 2. The second kappa shape index (κ2) is 9.32. The molecule has 0 radical (unpaired) electrons. The van der Waals surface area contributed by atoms with Gasteiger partial charge in [-0.15, -0.1) is 0 Å². The molecule has 0 bridgehead atoms. The maximum atomic E-state index is 12.2. The van der Waals surface area contributed by atoms with Crippen LogP contribution in [0.4, 0.5) is 5.69 Å². The third-order valence-corrected chi connectivity index (χ3v) is 3.69. The smallest absolute Gasteiger partial charge is 0.323 e. The molecule has 132 valence electrons. The maximum Gasteiger partial charge on any atom is 0.323 e. The highest BCUT2D eigenvalue weighted by molar-refractivity contribution is 5.84. The van der Waals surface area contributed by atoms with E-state index in [-0.39, 0.29) is 19.0 Å². The number of nitrogens with zero attached hydrogens (tertiary/aromatic N) is 1. The Kier molecular flexibility index (Phi) is 6.83. The molecule has 0 aromatic heterocycles. The predicted molar refractivity (Wildman–Crippen MR) is 96.0 cm³/mol. The molecule has 0 saturated carbocycles. The van der Waals surface area contributed by atoms with E-state index >= 15 is 0 Å². The van der Waals surface area contributed by atoms with Gasteiger partial charge in [0.15, 0.2) is 0 Å². The Bertz CT molecular complexity index is 704. The summed E-state index contributed by atoms with van der Waals surface area (Å²) in [5, 5.41) is 11.9. The van der Waals surface area contributed by atoms with Crippen LogP contribution in [0.25, 0.3) is 0 Å². The second-order valence-corrected chi connectivity index (χ2v) is 5.50. The van der Waals surface area contributed by atoms with Crippen LogP contribution in [0.5, 0.6) is 5.75 Å². The number of carboxylic acids is 1. The number of aliphatic carboxylic acids is 1. The first-order valence-electron chi connectivity index (χ1n) is 8.00. The molecule has 0 aliphatic rings. The van der Waals surface area contributed by atoms with E-state index in [2.05, 4.69) is 5.32 Å². The summed E-state index contributed by atoms with van der Waals surface area (Å²) in [5.74, 6) is -0.417. The molecule has 6 heteroatoms. The summed E-state index contributed by atoms with van der Waals surface area (Å²) in [6.07, 6.45) is 0.639. The molecule has 0 atom stereocenters. The zero-order valence-corrected chi connectivity index (χ0v) is 14.1. The Morgan fingerprint density at radius 3 is 2.40 bits per heavy atom. The van der Waals surface area contributed by atoms with Crippen LogP contribution < -0.4 is 15.0 Å². The van der Waals surface area contributed by atoms with Gasteiger partial charge in [0, 0.05) is 12.2 Å². The lowest BCUT2D eigenvalue weighted by Gasteiger charge is -2.22. The molecule has 0 spiro atoms. The molecule has 25 heavy (non-hydrogen) atoms. The summed E-state index contributed by atoms with van der Waals surface area (Å²) in [6, 6.07) is 16.7. The number of nitrogens with one attached hydrogen (secondary N) is 1. The molecule has 0 fully saturated rings. The number of carbonyl (C=O) groups excluding carboxylic acids is 1. The number of methoxy groups -OCH3 is 1. The highest BCUT2D eigenvalue weighted by Gasteiger charge is 2.14. The Hall–Kier alpha value is -3.02. The number of anilines is 1. The summed E-state index contributed by atoms with van der Waals surface area (Å²) < 4.78 is 5.28. The topological polar surface area (TPSA) is 78.9 Å². The van der Waals surface area contributed by atoms with Gasteiger partial charge in [-0.2, -0.15) is 0 Å². The minimum absolute atomic E-state index is 0.0117. The van der Waals surface area contributed by atoms with Gasteiger partial charge in [-0.25, -0.2) is 0 Å². The molecule has 2 aromatic rings. The molecular formula is C19H22N2O4. The van der Waals surface area contributed by atoms with E-state index in [9.17, 15) is 9.59 Å². The Balaban J connectivity index is 1.89. The van der Waals surface area contributed by atoms with Crippen molar-refractivity contribution in [3.63, 3.8) is 0 Å². The molecule has 0 saturated heterocycles. The lowest BCUT2D eigenvalue weighted by molar-refractivity contribution is -0.135. The average Bonchev–Trinajstić information content (AvgIpc) is 2.62. The molecule has 0 heterocycles. The van der Waals surface area contributed by atoms with Gasteiger partial charge in [-0.05, 0) is 30.2 Å². The summed E-state index contributed by atoms with van der Waals surface area (Å²) >= 11 is 0. The Morgan fingerprint density at radius 2 is 1.72 bits per heavy atom. The second-order valence-electron chi connectivity index (χ2n) is 5.50. The maximum absolute atomic E-state index is 12.2. The third kappa shape index (κ3) is 5.84. The first-order valence-corrected chi connectivity index (χ1v) is 8.00. The van der Waals surface area contributed by atoms with Crippen molar-refractivity contribution in [3.05, 3.63) is 60.2 Å². The van der Waals surface area contributed by atoms with Gasteiger partial charge in [0.05, 0.1) is 13.7 Å². The average molecular weight is 342 g/mol. The summed E-state index contributed by atoms with van der Waals surface area (Å²) in [5.41, 5.74) is 1.71. The fourth-order valence-electron chi connectivity index (χ4n) is 2.52. The van der Waals surface area contributed by atoms with Crippen molar-refractivity contribution in [2.24, 2.45) is 0 Å². The van der Waals surface area contributed by atoms with Crippen molar-refractivity contribution in [1.29, 1.82) is 0 Å². The van der Waals surface area contributed by atoms with Gasteiger partial charge in [0.2, 0.25) is 5.91 Å². The first kappa shape index (κ1) is 18.3. The van der Waals surface area contributed by atoms with Crippen LogP contribution >= 0.6 is 0 Å². The van der Waals surface area contributed by atoms with Crippen LogP contribution in [-0.2, 0) is 16.0 Å². The zero-order valence-electron chi connectivity index (χ0n) is 14.1. The fraction of sp³-hybridized carbons (Fsp3) is 0.263. The molecule has 1 amide bonds. The lowest BCUT2D eigenvalue weighted by Crippen LogP contribution is -2.40. The molecule has 0 aliphatic heterocycles. The van der Waals surface area contributed by atoms with E-state index in [0.717, 1.165) is 11.3 Å². The number of amides is 1. The zero-order chi connectivity index (χ0) is 18.1. The molecular weight excluding hydrogens is 320 g/mol. The highest BCUT2D eigenvalue weighted by atomic mass is 16.5. The molecule has 2 rings (SSSR count). The van der Waals surface area contributed by atoms with Gasteiger partial charge in [-0.1, -0.05) is 36.4 Å². The van der Waals surface area contributed by atoms with Crippen molar-refractivity contribution in [2.75, 3.05) is 31.6 Å². The number of hydrogen-bond acceptors (Lipinski definition) is 4. The van der Waals surface area contributed by atoms with Gasteiger partial charge in [0.25, 0.3) is 0 Å². The molecule has 2 N–H and O–H groups in total. The monoisotopic (exact) mass is 342 g/mol. The summed E-state index contributed by atoms with van der Waals surface area (Å²) in [6.45, 7) is 0.209. The predicted octanol–water partition coefficient (Wildman–Crippen LogP) is 1.95. The van der Waals surface area contributed by atoms with Crippen molar-refractivity contribution in [3.8, 4) is 5.75 Å². The van der Waals surface area contributed by atoms with E-state index in [1.165, 1.54) is 4.90 Å². The van der Waals surface area contributed by atoms with Crippen LogP contribution in [0.15, 0.2) is 54.6 Å². The number of para-hydroxylation sites is 2. The van der Waals surface area contributed by atoms with E-state index < -0.39 is 5.97 Å². The van der Waals surface area contributed by atoms with Crippen molar-refractivity contribution < 1.29 is 19.4 Å². The fourth-order valence-corrected chi connectivity index (χ4v) is 2.52. The number of rotatable bonds is 9. The van der Waals surface area contributed by atoms with Crippen LogP contribution in [0, 0.1) is 0 Å². The highest BCUT2D eigenvalue weighted by Crippen LogP contribution is 2.17. The number of carbonyl (C=O) groups is 2. The number of hydrogen-bond donors (Lipinski definition) is 2. The van der Waals surface area contributed by atoms with Crippen LogP contribution in [-0.4, -0.2) is 43.7 Å². The molecule has 6 nitrogen and oxygen atoms in total. The van der Waals surface area contributed by atoms with Gasteiger partial charge >= 0.3 is 5.97 Å². The largest absolute Gasteiger partial charge is 0.496 e. The Labute approximate surface area is 147 Å².